The van der Waals surface area contributed by atoms with Gasteiger partial charge in [-0.1, -0.05) is 36.4 Å². The monoisotopic (exact) mass is 498 g/mol. The number of imide groups is 1. The van der Waals surface area contributed by atoms with Crippen LogP contribution in [-0.2, 0) is 27.4 Å². The Balaban J connectivity index is 1.02. The first-order valence-corrected chi connectivity index (χ1v) is 12.5. The number of nitrogens with zero attached hydrogens (tertiary/aromatic N) is 2. The Morgan fingerprint density at radius 1 is 1.11 bits per heavy atom. The lowest BCUT2D eigenvalue weighted by Gasteiger charge is -2.35. The van der Waals surface area contributed by atoms with Gasteiger partial charge in [0.05, 0.1) is 5.52 Å². The predicted octanol–water partition coefficient (Wildman–Crippen LogP) is 3.17. The number of para-hydroxylation sites is 1. The van der Waals surface area contributed by atoms with E-state index in [2.05, 4.69) is 21.7 Å². The SMILES string of the molecule is O=C1CCC(N2Cc3ccc(CNC(=O)OC4CC(c5cccc6cccnc56)C4)cc3C2=O)C(=O)N1. The lowest BCUT2D eigenvalue weighted by atomic mass is 9.77. The number of ether oxygens (including phenoxy) is 1. The van der Waals surface area contributed by atoms with Crippen LogP contribution in [0, 0.1) is 0 Å². The number of amides is 4. The molecule has 2 aliphatic heterocycles. The number of fused-ring (bicyclic) bond motifs is 2. The second kappa shape index (κ2) is 9.31. The van der Waals surface area contributed by atoms with Gasteiger partial charge in [-0.05, 0) is 54.0 Å². The Bertz CT molecular complexity index is 1430. The zero-order chi connectivity index (χ0) is 25.5. The lowest BCUT2D eigenvalue weighted by Crippen LogP contribution is -2.52. The van der Waals surface area contributed by atoms with Crippen LogP contribution in [-0.4, -0.2) is 45.8 Å². The van der Waals surface area contributed by atoms with Crippen LogP contribution in [0.1, 0.15) is 58.6 Å². The number of carbonyl (C=O) groups excluding carboxylic acids is 4. The van der Waals surface area contributed by atoms with Crippen molar-refractivity contribution in [1.82, 2.24) is 20.5 Å². The summed E-state index contributed by atoms with van der Waals surface area (Å²) in [7, 11) is 0. The highest BCUT2D eigenvalue weighted by atomic mass is 16.6. The van der Waals surface area contributed by atoms with E-state index in [9.17, 15) is 19.2 Å². The number of pyridine rings is 1. The number of hydrogen-bond donors (Lipinski definition) is 2. The lowest BCUT2D eigenvalue weighted by molar-refractivity contribution is -0.136. The number of hydrogen-bond acceptors (Lipinski definition) is 6. The third-order valence-corrected chi connectivity index (χ3v) is 7.50. The van der Waals surface area contributed by atoms with E-state index in [1.165, 1.54) is 10.5 Å². The summed E-state index contributed by atoms with van der Waals surface area (Å²) < 4.78 is 5.58. The highest BCUT2D eigenvalue weighted by Crippen LogP contribution is 2.41. The fraction of sp³-hybridized carbons (Fsp3) is 0.321. The van der Waals surface area contributed by atoms with Crippen molar-refractivity contribution in [2.45, 2.75) is 56.8 Å². The molecule has 1 atom stereocenters. The normalized spacial score (nSPS) is 22.9. The summed E-state index contributed by atoms with van der Waals surface area (Å²) in [5.41, 5.74) is 4.29. The van der Waals surface area contributed by atoms with Crippen LogP contribution < -0.4 is 10.6 Å². The molecule has 1 aliphatic carbocycles. The molecule has 188 valence electrons. The maximum absolute atomic E-state index is 13.0. The van der Waals surface area contributed by atoms with Crippen LogP contribution in [0.2, 0.25) is 0 Å². The molecule has 3 aliphatic rings. The Kier molecular flexibility index (Phi) is 5.82. The van der Waals surface area contributed by atoms with Crippen LogP contribution >= 0.6 is 0 Å². The first-order valence-electron chi connectivity index (χ1n) is 12.5. The fourth-order valence-electron chi connectivity index (χ4n) is 5.45. The summed E-state index contributed by atoms with van der Waals surface area (Å²) in [6, 6.07) is 14.9. The summed E-state index contributed by atoms with van der Waals surface area (Å²) in [6.45, 7) is 0.548. The summed E-state index contributed by atoms with van der Waals surface area (Å²) in [5.74, 6) is -0.672. The topological polar surface area (TPSA) is 118 Å². The molecule has 1 saturated heterocycles. The molecule has 0 bridgehead atoms. The van der Waals surface area contributed by atoms with Crippen molar-refractivity contribution in [3.05, 3.63) is 77.0 Å². The molecular formula is C28H26N4O5. The molecule has 0 spiro atoms. The van der Waals surface area contributed by atoms with Gasteiger partial charge < -0.3 is 15.0 Å². The van der Waals surface area contributed by atoms with Crippen LogP contribution in [0.3, 0.4) is 0 Å². The molecule has 3 aromatic rings. The summed E-state index contributed by atoms with van der Waals surface area (Å²) in [4.78, 5) is 55.1. The molecule has 37 heavy (non-hydrogen) atoms. The smallest absolute Gasteiger partial charge is 0.407 e. The van der Waals surface area contributed by atoms with E-state index in [-0.39, 0.29) is 30.9 Å². The van der Waals surface area contributed by atoms with Crippen LogP contribution in [0.4, 0.5) is 4.79 Å². The Hall–Kier alpha value is -4.27. The van der Waals surface area contributed by atoms with Crippen LogP contribution in [0.15, 0.2) is 54.7 Å². The Morgan fingerprint density at radius 2 is 1.95 bits per heavy atom. The maximum Gasteiger partial charge on any atom is 0.407 e. The molecule has 6 rings (SSSR count). The molecule has 1 saturated carbocycles. The first-order chi connectivity index (χ1) is 18.0. The van der Waals surface area contributed by atoms with Crippen molar-refractivity contribution < 1.29 is 23.9 Å². The van der Waals surface area contributed by atoms with Gasteiger partial charge in [-0.2, -0.15) is 0 Å². The van der Waals surface area contributed by atoms with Gasteiger partial charge in [0.25, 0.3) is 5.91 Å². The number of alkyl carbamates (subject to hydrolysis) is 1. The van der Waals surface area contributed by atoms with Gasteiger partial charge in [0.2, 0.25) is 11.8 Å². The molecule has 1 aromatic heterocycles. The average Bonchev–Trinajstić information content (AvgIpc) is 3.20. The van der Waals surface area contributed by atoms with Gasteiger partial charge in [-0.15, -0.1) is 0 Å². The average molecular weight is 499 g/mol. The van der Waals surface area contributed by atoms with Crippen molar-refractivity contribution >= 4 is 34.7 Å². The van der Waals surface area contributed by atoms with Gasteiger partial charge in [-0.3, -0.25) is 24.7 Å². The Labute approximate surface area is 213 Å². The minimum Gasteiger partial charge on any atom is -0.446 e. The number of aromatic nitrogens is 1. The highest BCUT2D eigenvalue weighted by molar-refractivity contribution is 6.05. The van der Waals surface area contributed by atoms with E-state index in [0.717, 1.165) is 34.9 Å². The largest absolute Gasteiger partial charge is 0.446 e. The van der Waals surface area contributed by atoms with Gasteiger partial charge in [0, 0.05) is 36.7 Å². The summed E-state index contributed by atoms with van der Waals surface area (Å²) >= 11 is 0. The minimum absolute atomic E-state index is 0.146. The third-order valence-electron chi connectivity index (χ3n) is 7.50. The van der Waals surface area contributed by atoms with E-state index < -0.39 is 18.0 Å². The number of carbonyl (C=O) groups is 4. The molecular weight excluding hydrogens is 472 g/mol. The summed E-state index contributed by atoms with van der Waals surface area (Å²) in [6.07, 6.45) is 3.21. The number of benzene rings is 2. The zero-order valence-corrected chi connectivity index (χ0v) is 20.1. The number of nitrogens with one attached hydrogen (secondary N) is 2. The van der Waals surface area contributed by atoms with E-state index in [0.29, 0.717) is 24.4 Å². The second-order valence-corrected chi connectivity index (χ2v) is 9.86. The summed E-state index contributed by atoms with van der Waals surface area (Å²) in [5, 5.41) is 6.19. The standard InChI is InChI=1S/C28H26N4O5/c33-24-9-8-23(26(34)31-24)32-15-18-7-6-16(11-22(18)27(32)35)14-30-28(36)37-20-12-19(13-20)21-5-1-3-17-4-2-10-29-25(17)21/h1-7,10-11,19-20,23H,8-9,12-15H2,(H,30,36)(H,31,33,34). The maximum atomic E-state index is 13.0. The van der Waals surface area contributed by atoms with E-state index in [4.69, 9.17) is 4.74 Å². The van der Waals surface area contributed by atoms with Crippen molar-refractivity contribution in [2.24, 2.45) is 0 Å². The van der Waals surface area contributed by atoms with Gasteiger partial charge in [-0.25, -0.2) is 4.79 Å². The van der Waals surface area contributed by atoms with E-state index in [1.54, 1.807) is 12.3 Å². The molecule has 9 heteroatoms. The first kappa shape index (κ1) is 23.1. The van der Waals surface area contributed by atoms with Crippen molar-refractivity contribution in [3.63, 3.8) is 0 Å². The number of rotatable bonds is 5. The molecule has 9 nitrogen and oxygen atoms in total. The van der Waals surface area contributed by atoms with E-state index in [1.807, 2.05) is 36.4 Å². The highest BCUT2D eigenvalue weighted by Gasteiger charge is 2.39. The van der Waals surface area contributed by atoms with Crippen LogP contribution in [0.5, 0.6) is 0 Å². The predicted molar refractivity (Wildman–Crippen MR) is 133 cm³/mol. The minimum atomic E-state index is -0.648. The molecule has 3 heterocycles. The van der Waals surface area contributed by atoms with Crippen LogP contribution in [0.25, 0.3) is 10.9 Å². The Morgan fingerprint density at radius 3 is 2.78 bits per heavy atom. The van der Waals surface area contributed by atoms with Gasteiger partial charge in [0.15, 0.2) is 0 Å². The van der Waals surface area contributed by atoms with Gasteiger partial charge >= 0.3 is 6.09 Å². The van der Waals surface area contributed by atoms with Crippen molar-refractivity contribution in [2.75, 3.05) is 0 Å². The molecule has 1 unspecified atom stereocenters. The fourth-order valence-corrected chi connectivity index (χ4v) is 5.45. The van der Waals surface area contributed by atoms with Crippen molar-refractivity contribution in [1.29, 1.82) is 0 Å². The van der Waals surface area contributed by atoms with Crippen molar-refractivity contribution in [3.8, 4) is 0 Å². The van der Waals surface area contributed by atoms with E-state index >= 15 is 0 Å². The second-order valence-electron chi connectivity index (χ2n) is 9.86. The molecule has 2 aromatic carbocycles. The zero-order valence-electron chi connectivity index (χ0n) is 20.1. The number of piperidine rings is 1. The van der Waals surface area contributed by atoms with Gasteiger partial charge in [0.1, 0.15) is 12.1 Å². The molecule has 4 amide bonds. The molecule has 0 radical (unpaired) electrons. The third kappa shape index (κ3) is 4.41. The molecule has 2 N–H and O–H groups in total. The quantitative estimate of drug-likeness (QED) is 0.522. The molecule has 2 fully saturated rings.